The summed E-state index contributed by atoms with van der Waals surface area (Å²) in [7, 11) is 1.74. The van der Waals surface area contributed by atoms with E-state index in [1.807, 2.05) is 11.8 Å². The average Bonchev–Trinajstić information content (AvgIpc) is 2.34. The molecule has 0 bridgehead atoms. The maximum absolute atomic E-state index is 6.09. The van der Waals surface area contributed by atoms with Crippen LogP contribution in [0.4, 0.5) is 0 Å². The molecule has 2 N–H and O–H groups in total. The SMILES string of the molecule is CC[C@@H](N)c1ccccc1SCCCOC. The normalized spacial score (nSPS) is 12.7. The van der Waals surface area contributed by atoms with Gasteiger partial charge in [-0.25, -0.2) is 0 Å². The molecule has 1 rings (SSSR count). The minimum Gasteiger partial charge on any atom is -0.385 e. The van der Waals surface area contributed by atoms with Crippen LogP contribution in [-0.2, 0) is 4.74 Å². The first-order chi connectivity index (χ1) is 7.79. The molecule has 2 nitrogen and oxygen atoms in total. The fraction of sp³-hybridized carbons (Fsp3) is 0.538. The Hall–Kier alpha value is -0.510. The van der Waals surface area contributed by atoms with Gasteiger partial charge in [0.15, 0.2) is 0 Å². The average molecular weight is 239 g/mol. The van der Waals surface area contributed by atoms with E-state index in [9.17, 15) is 0 Å². The van der Waals surface area contributed by atoms with Crippen molar-refractivity contribution in [2.75, 3.05) is 19.5 Å². The molecular formula is C13H21NOS. The molecule has 0 heterocycles. The molecule has 0 aliphatic heterocycles. The first-order valence-electron chi connectivity index (χ1n) is 5.75. The van der Waals surface area contributed by atoms with Crippen molar-refractivity contribution < 1.29 is 4.74 Å². The van der Waals surface area contributed by atoms with E-state index >= 15 is 0 Å². The number of thioether (sulfide) groups is 1. The van der Waals surface area contributed by atoms with Gasteiger partial charge in [0.1, 0.15) is 0 Å². The van der Waals surface area contributed by atoms with Gasteiger partial charge in [-0.05, 0) is 24.5 Å². The summed E-state index contributed by atoms with van der Waals surface area (Å²) in [5.74, 6) is 1.08. The van der Waals surface area contributed by atoms with Crippen LogP contribution in [0, 0.1) is 0 Å². The third-order valence-electron chi connectivity index (χ3n) is 2.51. The summed E-state index contributed by atoms with van der Waals surface area (Å²) in [5.41, 5.74) is 7.36. The van der Waals surface area contributed by atoms with Crippen molar-refractivity contribution in [2.24, 2.45) is 5.73 Å². The van der Waals surface area contributed by atoms with Crippen LogP contribution in [0.2, 0.25) is 0 Å². The fourth-order valence-corrected chi connectivity index (χ4v) is 2.57. The zero-order valence-corrected chi connectivity index (χ0v) is 10.9. The van der Waals surface area contributed by atoms with Gasteiger partial charge in [-0.2, -0.15) is 0 Å². The van der Waals surface area contributed by atoms with E-state index < -0.39 is 0 Å². The van der Waals surface area contributed by atoms with Crippen LogP contribution in [0.15, 0.2) is 29.2 Å². The molecule has 90 valence electrons. The Labute approximate surface area is 103 Å². The second-order valence-corrected chi connectivity index (χ2v) is 4.88. The molecule has 0 radical (unpaired) electrons. The molecule has 0 saturated heterocycles. The Morgan fingerprint density at radius 2 is 2.12 bits per heavy atom. The summed E-state index contributed by atoms with van der Waals surface area (Å²) in [6.07, 6.45) is 2.06. The number of benzene rings is 1. The molecule has 0 aromatic heterocycles. The predicted molar refractivity (Wildman–Crippen MR) is 70.9 cm³/mol. The van der Waals surface area contributed by atoms with E-state index in [1.165, 1.54) is 10.5 Å². The maximum Gasteiger partial charge on any atom is 0.0470 e. The molecule has 0 fully saturated rings. The van der Waals surface area contributed by atoms with Crippen LogP contribution in [0.1, 0.15) is 31.4 Å². The Bertz CT molecular complexity index is 304. The lowest BCUT2D eigenvalue weighted by molar-refractivity contribution is 0.200. The molecular weight excluding hydrogens is 218 g/mol. The van der Waals surface area contributed by atoms with Crippen molar-refractivity contribution in [3.8, 4) is 0 Å². The van der Waals surface area contributed by atoms with Gasteiger partial charge in [-0.15, -0.1) is 11.8 Å². The number of ether oxygens (including phenoxy) is 1. The zero-order chi connectivity index (χ0) is 11.8. The summed E-state index contributed by atoms with van der Waals surface area (Å²) in [6, 6.07) is 8.58. The lowest BCUT2D eigenvalue weighted by atomic mass is 10.1. The highest BCUT2D eigenvalue weighted by Gasteiger charge is 2.08. The minimum atomic E-state index is 0.158. The molecule has 1 aromatic carbocycles. The second-order valence-electron chi connectivity index (χ2n) is 3.75. The zero-order valence-electron chi connectivity index (χ0n) is 10.1. The third-order valence-corrected chi connectivity index (χ3v) is 3.68. The molecule has 0 saturated carbocycles. The Kier molecular flexibility index (Phi) is 6.53. The van der Waals surface area contributed by atoms with Gasteiger partial charge in [-0.3, -0.25) is 0 Å². The van der Waals surface area contributed by atoms with Crippen molar-refractivity contribution in [3.05, 3.63) is 29.8 Å². The highest BCUT2D eigenvalue weighted by molar-refractivity contribution is 7.99. The van der Waals surface area contributed by atoms with Crippen molar-refractivity contribution in [2.45, 2.75) is 30.7 Å². The van der Waals surface area contributed by atoms with Crippen molar-refractivity contribution >= 4 is 11.8 Å². The second kappa shape index (κ2) is 7.71. The van der Waals surface area contributed by atoms with E-state index in [4.69, 9.17) is 10.5 Å². The molecule has 0 aliphatic carbocycles. The molecule has 0 unspecified atom stereocenters. The summed E-state index contributed by atoms with van der Waals surface area (Å²) in [6.45, 7) is 2.95. The summed E-state index contributed by atoms with van der Waals surface area (Å²) in [4.78, 5) is 1.31. The quantitative estimate of drug-likeness (QED) is 0.586. The first kappa shape index (κ1) is 13.6. The number of hydrogen-bond donors (Lipinski definition) is 1. The van der Waals surface area contributed by atoms with Gasteiger partial charge in [0, 0.05) is 30.4 Å². The third kappa shape index (κ3) is 4.16. The fourth-order valence-electron chi connectivity index (χ4n) is 1.52. The van der Waals surface area contributed by atoms with Crippen LogP contribution in [-0.4, -0.2) is 19.5 Å². The first-order valence-corrected chi connectivity index (χ1v) is 6.74. The summed E-state index contributed by atoms with van der Waals surface area (Å²) < 4.78 is 5.04. The van der Waals surface area contributed by atoms with E-state index in [2.05, 4.69) is 31.2 Å². The van der Waals surface area contributed by atoms with Crippen LogP contribution in [0.25, 0.3) is 0 Å². The van der Waals surface area contributed by atoms with Crippen molar-refractivity contribution in [3.63, 3.8) is 0 Å². The molecule has 0 aliphatic rings. The largest absolute Gasteiger partial charge is 0.385 e. The van der Waals surface area contributed by atoms with Crippen LogP contribution in [0.3, 0.4) is 0 Å². The van der Waals surface area contributed by atoms with Gasteiger partial charge < -0.3 is 10.5 Å². The van der Waals surface area contributed by atoms with E-state index in [0.29, 0.717) is 0 Å². The van der Waals surface area contributed by atoms with Gasteiger partial charge >= 0.3 is 0 Å². The van der Waals surface area contributed by atoms with Gasteiger partial charge in [-0.1, -0.05) is 25.1 Å². The smallest absolute Gasteiger partial charge is 0.0470 e. The van der Waals surface area contributed by atoms with Gasteiger partial charge in [0.25, 0.3) is 0 Å². The monoisotopic (exact) mass is 239 g/mol. The molecule has 1 aromatic rings. The predicted octanol–water partition coefficient (Wildman–Crippen LogP) is 3.23. The lowest BCUT2D eigenvalue weighted by Crippen LogP contribution is -2.09. The van der Waals surface area contributed by atoms with Crippen molar-refractivity contribution in [1.82, 2.24) is 0 Å². The van der Waals surface area contributed by atoms with Gasteiger partial charge in [0.2, 0.25) is 0 Å². The summed E-state index contributed by atoms with van der Waals surface area (Å²) >= 11 is 1.87. The Balaban J connectivity index is 2.57. The topological polar surface area (TPSA) is 35.2 Å². The number of nitrogens with two attached hydrogens (primary N) is 1. The van der Waals surface area contributed by atoms with E-state index in [0.717, 1.165) is 25.2 Å². The molecule has 3 heteroatoms. The van der Waals surface area contributed by atoms with Gasteiger partial charge in [0.05, 0.1) is 0 Å². The Morgan fingerprint density at radius 1 is 1.38 bits per heavy atom. The van der Waals surface area contributed by atoms with Crippen LogP contribution < -0.4 is 5.73 Å². The standard InChI is InChI=1S/C13H21NOS/c1-3-12(14)11-7-4-5-8-13(11)16-10-6-9-15-2/h4-5,7-8,12H,3,6,9-10,14H2,1-2H3/t12-/m1/s1. The Morgan fingerprint density at radius 3 is 2.81 bits per heavy atom. The number of rotatable bonds is 7. The molecule has 16 heavy (non-hydrogen) atoms. The van der Waals surface area contributed by atoms with Crippen LogP contribution in [0.5, 0.6) is 0 Å². The van der Waals surface area contributed by atoms with Crippen molar-refractivity contribution in [1.29, 1.82) is 0 Å². The molecule has 1 atom stereocenters. The highest BCUT2D eigenvalue weighted by atomic mass is 32.2. The lowest BCUT2D eigenvalue weighted by Gasteiger charge is -2.14. The summed E-state index contributed by atoms with van der Waals surface area (Å²) in [5, 5.41) is 0. The highest BCUT2D eigenvalue weighted by Crippen LogP contribution is 2.28. The van der Waals surface area contributed by atoms with Crippen LogP contribution >= 0.6 is 11.8 Å². The molecule has 0 spiro atoms. The molecule has 0 amide bonds. The maximum atomic E-state index is 6.09. The minimum absolute atomic E-state index is 0.158. The van der Waals surface area contributed by atoms with E-state index in [-0.39, 0.29) is 6.04 Å². The van der Waals surface area contributed by atoms with E-state index in [1.54, 1.807) is 7.11 Å². The number of hydrogen-bond acceptors (Lipinski definition) is 3. The number of methoxy groups -OCH3 is 1.